The molecule has 3 aromatic rings. The summed E-state index contributed by atoms with van der Waals surface area (Å²) >= 11 is 0. The molecular weight excluding hydrogens is 306 g/mol. The molecule has 8 heteroatoms. The molecule has 2 N–H and O–H groups in total. The average molecular weight is 327 g/mol. The summed E-state index contributed by atoms with van der Waals surface area (Å²) in [6.45, 7) is 6.44. The van der Waals surface area contributed by atoms with Gasteiger partial charge in [-0.05, 0) is 31.5 Å². The number of H-pyrrole nitrogens is 1. The number of anilines is 2. The molecule has 0 saturated heterocycles. The van der Waals surface area contributed by atoms with E-state index in [2.05, 4.69) is 49.4 Å². The zero-order valence-corrected chi connectivity index (χ0v) is 14.1. The van der Waals surface area contributed by atoms with Crippen molar-refractivity contribution in [3.63, 3.8) is 0 Å². The van der Waals surface area contributed by atoms with Gasteiger partial charge in [-0.15, -0.1) is 5.10 Å². The number of aromatic nitrogens is 5. The van der Waals surface area contributed by atoms with Crippen molar-refractivity contribution < 1.29 is 4.74 Å². The Morgan fingerprint density at radius 2 is 1.83 bits per heavy atom. The van der Waals surface area contributed by atoms with Crippen molar-refractivity contribution in [3.8, 4) is 5.75 Å². The summed E-state index contributed by atoms with van der Waals surface area (Å²) in [7, 11) is 1.66. The van der Waals surface area contributed by atoms with E-state index in [1.807, 2.05) is 24.3 Å². The Morgan fingerprint density at radius 1 is 1.08 bits per heavy atom. The number of methoxy groups -OCH3 is 1. The van der Waals surface area contributed by atoms with Gasteiger partial charge in [0.05, 0.1) is 7.11 Å². The molecule has 0 saturated carbocycles. The maximum absolute atomic E-state index is 5.18. The molecule has 2 heterocycles. The SMILES string of the molecule is CCN(CC)c1nc(NCc2ccc(OC)cc2)c2n[nH]nc2n1. The van der Waals surface area contributed by atoms with E-state index in [4.69, 9.17) is 4.74 Å². The molecule has 0 aliphatic heterocycles. The topological polar surface area (TPSA) is 91.8 Å². The fraction of sp³-hybridized carbons (Fsp3) is 0.375. The van der Waals surface area contributed by atoms with Crippen molar-refractivity contribution in [2.75, 3.05) is 30.4 Å². The lowest BCUT2D eigenvalue weighted by Gasteiger charge is -2.19. The van der Waals surface area contributed by atoms with Crippen LogP contribution in [0.5, 0.6) is 5.75 Å². The maximum atomic E-state index is 5.18. The Hall–Kier alpha value is -2.90. The van der Waals surface area contributed by atoms with E-state index in [1.54, 1.807) is 7.11 Å². The highest BCUT2D eigenvalue weighted by atomic mass is 16.5. The summed E-state index contributed by atoms with van der Waals surface area (Å²) in [5, 5.41) is 14.2. The number of rotatable bonds is 7. The molecule has 0 aliphatic carbocycles. The van der Waals surface area contributed by atoms with E-state index in [0.29, 0.717) is 29.5 Å². The second-order valence-corrected chi connectivity index (χ2v) is 5.24. The van der Waals surface area contributed by atoms with Crippen molar-refractivity contribution in [1.29, 1.82) is 0 Å². The van der Waals surface area contributed by atoms with Gasteiger partial charge >= 0.3 is 0 Å². The van der Waals surface area contributed by atoms with Crippen LogP contribution < -0.4 is 15.0 Å². The van der Waals surface area contributed by atoms with Gasteiger partial charge in [-0.25, -0.2) is 0 Å². The second kappa shape index (κ2) is 7.12. The molecular formula is C16H21N7O. The first-order valence-corrected chi connectivity index (χ1v) is 7.95. The molecule has 0 bridgehead atoms. The normalized spacial score (nSPS) is 10.8. The van der Waals surface area contributed by atoms with Crippen LogP contribution in [0.3, 0.4) is 0 Å². The van der Waals surface area contributed by atoms with Gasteiger partial charge < -0.3 is 15.0 Å². The van der Waals surface area contributed by atoms with Gasteiger partial charge in [0.25, 0.3) is 0 Å². The van der Waals surface area contributed by atoms with E-state index < -0.39 is 0 Å². The molecule has 24 heavy (non-hydrogen) atoms. The van der Waals surface area contributed by atoms with Crippen LogP contribution in [0.1, 0.15) is 19.4 Å². The van der Waals surface area contributed by atoms with Crippen LogP contribution in [-0.2, 0) is 6.54 Å². The number of hydrogen-bond donors (Lipinski definition) is 2. The van der Waals surface area contributed by atoms with Gasteiger partial charge in [-0.3, -0.25) is 0 Å². The van der Waals surface area contributed by atoms with Crippen LogP contribution in [0.25, 0.3) is 11.2 Å². The van der Waals surface area contributed by atoms with E-state index in [-0.39, 0.29) is 0 Å². The molecule has 0 spiro atoms. The predicted octanol–water partition coefficient (Wildman–Crippen LogP) is 2.21. The Morgan fingerprint density at radius 3 is 2.50 bits per heavy atom. The van der Waals surface area contributed by atoms with Crippen molar-refractivity contribution in [2.24, 2.45) is 0 Å². The van der Waals surface area contributed by atoms with Crippen molar-refractivity contribution in [1.82, 2.24) is 25.4 Å². The standard InChI is InChI=1S/C16H21N7O/c1-4-23(5-2)16-18-14(13-15(19-16)21-22-20-13)17-10-11-6-8-12(24-3)9-7-11/h6-9H,4-5,10H2,1-3H3,(H2,17,18,19,20,21,22). The van der Waals surface area contributed by atoms with Crippen molar-refractivity contribution in [3.05, 3.63) is 29.8 Å². The van der Waals surface area contributed by atoms with Crippen LogP contribution in [0, 0.1) is 0 Å². The minimum absolute atomic E-state index is 0.559. The van der Waals surface area contributed by atoms with Gasteiger partial charge in [0.2, 0.25) is 11.6 Å². The van der Waals surface area contributed by atoms with Crippen LogP contribution in [0.4, 0.5) is 11.8 Å². The lowest BCUT2D eigenvalue weighted by molar-refractivity contribution is 0.414. The summed E-state index contributed by atoms with van der Waals surface area (Å²) in [6.07, 6.45) is 0. The monoisotopic (exact) mass is 327 g/mol. The molecule has 126 valence electrons. The maximum Gasteiger partial charge on any atom is 0.229 e. The third-order valence-electron chi connectivity index (χ3n) is 3.84. The molecule has 8 nitrogen and oxygen atoms in total. The highest BCUT2D eigenvalue weighted by molar-refractivity contribution is 5.83. The van der Waals surface area contributed by atoms with E-state index >= 15 is 0 Å². The quantitative estimate of drug-likeness (QED) is 0.687. The number of hydrogen-bond acceptors (Lipinski definition) is 7. The molecule has 0 unspecified atom stereocenters. The minimum atomic E-state index is 0.559. The van der Waals surface area contributed by atoms with Gasteiger partial charge in [0, 0.05) is 19.6 Å². The lowest BCUT2D eigenvalue weighted by Crippen LogP contribution is -2.24. The third-order valence-corrected chi connectivity index (χ3v) is 3.84. The Labute approximate surface area is 140 Å². The number of nitrogens with one attached hydrogen (secondary N) is 2. The van der Waals surface area contributed by atoms with Crippen molar-refractivity contribution in [2.45, 2.75) is 20.4 Å². The van der Waals surface area contributed by atoms with Gasteiger partial charge in [0.1, 0.15) is 5.75 Å². The van der Waals surface area contributed by atoms with E-state index in [9.17, 15) is 0 Å². The van der Waals surface area contributed by atoms with Crippen LogP contribution >= 0.6 is 0 Å². The molecule has 0 amide bonds. The molecule has 3 rings (SSSR count). The number of fused-ring (bicyclic) bond motifs is 1. The van der Waals surface area contributed by atoms with Gasteiger partial charge in [0.15, 0.2) is 11.3 Å². The zero-order valence-electron chi connectivity index (χ0n) is 14.1. The third kappa shape index (κ3) is 3.22. The summed E-state index contributed by atoms with van der Waals surface area (Å²) in [5.74, 6) is 2.16. The molecule has 0 radical (unpaired) electrons. The summed E-state index contributed by atoms with van der Waals surface area (Å²) in [4.78, 5) is 11.2. The predicted molar refractivity (Wildman–Crippen MR) is 93.4 cm³/mol. The first-order valence-electron chi connectivity index (χ1n) is 7.95. The van der Waals surface area contributed by atoms with Crippen LogP contribution in [0.2, 0.25) is 0 Å². The largest absolute Gasteiger partial charge is 0.497 e. The molecule has 2 aromatic heterocycles. The van der Waals surface area contributed by atoms with Gasteiger partial charge in [-0.2, -0.15) is 20.3 Å². The highest BCUT2D eigenvalue weighted by Crippen LogP contribution is 2.21. The highest BCUT2D eigenvalue weighted by Gasteiger charge is 2.14. The Bertz CT molecular complexity index is 796. The second-order valence-electron chi connectivity index (χ2n) is 5.24. The smallest absolute Gasteiger partial charge is 0.229 e. The van der Waals surface area contributed by atoms with Crippen LogP contribution in [-0.4, -0.2) is 45.6 Å². The zero-order chi connectivity index (χ0) is 16.9. The summed E-state index contributed by atoms with van der Waals surface area (Å²) in [6, 6.07) is 7.89. The molecule has 0 aliphatic rings. The van der Waals surface area contributed by atoms with E-state index in [1.165, 1.54) is 0 Å². The lowest BCUT2D eigenvalue weighted by atomic mass is 10.2. The number of aromatic amines is 1. The van der Waals surface area contributed by atoms with Crippen molar-refractivity contribution >= 4 is 22.9 Å². The average Bonchev–Trinajstić information content (AvgIpc) is 3.10. The number of ether oxygens (including phenoxy) is 1. The molecule has 1 aromatic carbocycles. The first kappa shape index (κ1) is 16.0. The molecule has 0 atom stereocenters. The summed E-state index contributed by atoms with van der Waals surface area (Å²) in [5.41, 5.74) is 2.32. The van der Waals surface area contributed by atoms with Gasteiger partial charge in [-0.1, -0.05) is 12.1 Å². The number of benzene rings is 1. The first-order chi connectivity index (χ1) is 11.7. The minimum Gasteiger partial charge on any atom is -0.497 e. The fourth-order valence-corrected chi connectivity index (χ4v) is 2.44. The Balaban J connectivity index is 1.85. The Kier molecular flexibility index (Phi) is 4.74. The summed E-state index contributed by atoms with van der Waals surface area (Å²) < 4.78 is 5.18. The number of nitrogens with zero attached hydrogens (tertiary/aromatic N) is 5. The molecule has 0 fully saturated rings. The fourth-order valence-electron chi connectivity index (χ4n) is 2.44. The van der Waals surface area contributed by atoms with E-state index in [0.717, 1.165) is 24.4 Å². The van der Waals surface area contributed by atoms with Crippen LogP contribution in [0.15, 0.2) is 24.3 Å².